The van der Waals surface area contributed by atoms with Crippen LogP contribution >= 0.6 is 0 Å². The molecule has 0 spiro atoms. The number of nitrogens with zero attached hydrogens (tertiary/aromatic N) is 2. The first kappa shape index (κ1) is 13.1. The van der Waals surface area contributed by atoms with Crippen molar-refractivity contribution in [1.29, 1.82) is 5.26 Å². The molecule has 1 aromatic heterocycles. The monoisotopic (exact) mass is 257 g/mol. The Kier molecular flexibility index (Phi) is 3.43. The van der Waals surface area contributed by atoms with E-state index >= 15 is 0 Å². The Morgan fingerprint density at radius 2 is 2.18 bits per heavy atom. The van der Waals surface area contributed by atoms with Crippen molar-refractivity contribution in [3.05, 3.63) is 18.0 Å². The molecular formula is C9H11N3O4S. The van der Waals surface area contributed by atoms with E-state index in [9.17, 15) is 13.2 Å². The number of hydrogen-bond donors (Lipinski definition) is 2. The van der Waals surface area contributed by atoms with Crippen molar-refractivity contribution in [3.8, 4) is 6.19 Å². The number of aromatic nitrogens is 1. The maximum atomic E-state index is 11.5. The molecule has 0 fully saturated rings. The van der Waals surface area contributed by atoms with Crippen molar-refractivity contribution in [2.75, 3.05) is 0 Å². The number of hydrogen-bond acceptors (Lipinski definition) is 4. The van der Waals surface area contributed by atoms with Crippen molar-refractivity contribution in [2.45, 2.75) is 24.8 Å². The average Bonchev–Trinajstić information content (AvgIpc) is 2.62. The van der Waals surface area contributed by atoms with Crippen molar-refractivity contribution in [1.82, 2.24) is 9.29 Å². The molecular weight excluding hydrogens is 246 g/mol. The van der Waals surface area contributed by atoms with Gasteiger partial charge in [-0.15, -0.1) is 0 Å². The normalized spacial score (nSPS) is 11.2. The van der Waals surface area contributed by atoms with Gasteiger partial charge in [0.2, 0.25) is 0 Å². The van der Waals surface area contributed by atoms with E-state index < -0.39 is 16.0 Å². The van der Waals surface area contributed by atoms with Crippen LogP contribution in [-0.2, 0) is 10.0 Å². The van der Waals surface area contributed by atoms with Crippen LogP contribution in [0.25, 0.3) is 0 Å². The van der Waals surface area contributed by atoms with Crippen LogP contribution in [0.4, 0.5) is 0 Å². The lowest BCUT2D eigenvalue weighted by atomic mass is 10.3. The summed E-state index contributed by atoms with van der Waals surface area (Å²) in [4.78, 5) is 10.7. The van der Waals surface area contributed by atoms with Gasteiger partial charge in [0.05, 0.1) is 0 Å². The zero-order valence-corrected chi connectivity index (χ0v) is 10.0. The molecule has 2 N–H and O–H groups in total. The Hall–Kier alpha value is -2.01. The summed E-state index contributed by atoms with van der Waals surface area (Å²) in [6.45, 7) is 3.45. The number of carboxylic acid groups (broad SMARTS) is 1. The highest BCUT2D eigenvalue weighted by Gasteiger charge is 2.21. The highest BCUT2D eigenvalue weighted by atomic mass is 32.2. The van der Waals surface area contributed by atoms with Crippen LogP contribution in [0.5, 0.6) is 0 Å². The molecule has 0 aromatic carbocycles. The average molecular weight is 257 g/mol. The van der Waals surface area contributed by atoms with Gasteiger partial charge in [-0.05, 0) is 19.9 Å². The number of sulfonamides is 1. The van der Waals surface area contributed by atoms with Gasteiger partial charge in [-0.1, -0.05) is 0 Å². The molecule has 17 heavy (non-hydrogen) atoms. The molecule has 0 unspecified atom stereocenters. The molecule has 1 rings (SSSR count). The molecule has 0 bridgehead atoms. The summed E-state index contributed by atoms with van der Waals surface area (Å²) in [7, 11) is -3.97. The quantitative estimate of drug-likeness (QED) is 0.603. The molecule has 92 valence electrons. The van der Waals surface area contributed by atoms with E-state index in [1.54, 1.807) is 18.6 Å². The number of nitriles is 1. The second-order valence-electron chi connectivity index (χ2n) is 3.58. The number of aromatic carboxylic acids is 1. The SMILES string of the molecule is CC(C)n1cc(S(=O)(=O)NC#N)cc1C(=O)O. The summed E-state index contributed by atoms with van der Waals surface area (Å²) < 4.78 is 25.9. The van der Waals surface area contributed by atoms with Crippen molar-refractivity contribution < 1.29 is 18.3 Å². The third kappa shape index (κ3) is 2.57. The van der Waals surface area contributed by atoms with Gasteiger partial charge in [0.25, 0.3) is 10.0 Å². The Bertz CT molecular complexity index is 580. The lowest BCUT2D eigenvalue weighted by Gasteiger charge is -2.09. The predicted octanol–water partition coefficient (Wildman–Crippen LogP) is 0.527. The van der Waals surface area contributed by atoms with Crippen molar-refractivity contribution >= 4 is 16.0 Å². The predicted molar refractivity (Wildman–Crippen MR) is 57.7 cm³/mol. The van der Waals surface area contributed by atoms with Gasteiger partial charge in [0.1, 0.15) is 10.6 Å². The highest BCUT2D eigenvalue weighted by Crippen LogP contribution is 2.18. The molecule has 0 aliphatic rings. The molecule has 0 aliphatic carbocycles. The second-order valence-corrected chi connectivity index (χ2v) is 5.27. The molecule has 7 nitrogen and oxygen atoms in total. The zero-order chi connectivity index (χ0) is 13.2. The highest BCUT2D eigenvalue weighted by molar-refractivity contribution is 7.89. The maximum absolute atomic E-state index is 11.5. The topological polar surface area (TPSA) is 112 Å². The third-order valence-corrected chi connectivity index (χ3v) is 3.29. The Balaban J connectivity index is 3.37. The fourth-order valence-electron chi connectivity index (χ4n) is 1.32. The summed E-state index contributed by atoms with van der Waals surface area (Å²) >= 11 is 0. The molecule has 1 heterocycles. The lowest BCUT2D eigenvalue weighted by Crippen LogP contribution is -2.17. The molecule has 0 saturated heterocycles. The third-order valence-electron chi connectivity index (χ3n) is 2.09. The first-order chi connectivity index (χ1) is 7.79. The Morgan fingerprint density at radius 3 is 2.53 bits per heavy atom. The van der Waals surface area contributed by atoms with Gasteiger partial charge in [0.15, 0.2) is 6.19 Å². The van der Waals surface area contributed by atoms with Gasteiger partial charge < -0.3 is 9.67 Å². The van der Waals surface area contributed by atoms with Crippen LogP contribution in [-0.4, -0.2) is 24.1 Å². The minimum atomic E-state index is -3.97. The largest absolute Gasteiger partial charge is 0.477 e. The standard InChI is InChI=1S/C9H11N3O4S/c1-6(2)12-4-7(3-8(12)9(13)14)17(15,16)11-5-10/h3-4,6,11H,1-2H3,(H,13,14). The first-order valence-electron chi connectivity index (χ1n) is 4.65. The first-order valence-corrected chi connectivity index (χ1v) is 6.14. The minimum absolute atomic E-state index is 0.140. The fraction of sp³-hybridized carbons (Fsp3) is 0.333. The summed E-state index contributed by atoms with van der Waals surface area (Å²) in [5, 5.41) is 17.2. The van der Waals surface area contributed by atoms with Crippen molar-refractivity contribution in [3.63, 3.8) is 0 Å². The summed E-state index contributed by atoms with van der Waals surface area (Å²) in [5.74, 6) is -1.22. The van der Waals surface area contributed by atoms with Crippen LogP contribution in [0, 0.1) is 11.5 Å². The van der Waals surface area contributed by atoms with Gasteiger partial charge in [-0.2, -0.15) is 5.26 Å². The Morgan fingerprint density at radius 1 is 1.59 bits per heavy atom. The van der Waals surface area contributed by atoms with Crippen molar-refractivity contribution in [2.24, 2.45) is 0 Å². The molecule has 0 atom stereocenters. The lowest BCUT2D eigenvalue weighted by molar-refractivity contribution is 0.0683. The van der Waals surface area contributed by atoms with Crippen LogP contribution in [0.2, 0.25) is 0 Å². The number of nitrogens with one attached hydrogen (secondary N) is 1. The molecule has 0 amide bonds. The fourth-order valence-corrected chi connectivity index (χ4v) is 2.08. The van der Waals surface area contributed by atoms with E-state index in [1.165, 1.54) is 17.0 Å². The number of carboxylic acids is 1. The minimum Gasteiger partial charge on any atom is -0.477 e. The maximum Gasteiger partial charge on any atom is 0.352 e. The smallest absolute Gasteiger partial charge is 0.352 e. The molecule has 0 aliphatic heterocycles. The summed E-state index contributed by atoms with van der Waals surface area (Å²) in [5.41, 5.74) is -0.140. The molecule has 0 saturated carbocycles. The Labute approximate surface area is 98.3 Å². The van der Waals surface area contributed by atoms with Crippen LogP contribution < -0.4 is 4.72 Å². The second kappa shape index (κ2) is 4.47. The molecule has 1 aromatic rings. The zero-order valence-electron chi connectivity index (χ0n) is 9.21. The van der Waals surface area contributed by atoms with Crippen LogP contribution in [0.1, 0.15) is 30.4 Å². The van der Waals surface area contributed by atoms with E-state index in [1.807, 2.05) is 0 Å². The van der Waals surface area contributed by atoms with E-state index in [-0.39, 0.29) is 16.6 Å². The van der Waals surface area contributed by atoms with E-state index in [0.29, 0.717) is 0 Å². The summed E-state index contributed by atoms with van der Waals surface area (Å²) in [6, 6.07) is 0.814. The molecule has 8 heteroatoms. The van der Waals surface area contributed by atoms with Gasteiger partial charge >= 0.3 is 5.97 Å². The number of rotatable bonds is 4. The van der Waals surface area contributed by atoms with Gasteiger partial charge in [-0.25, -0.2) is 17.9 Å². The summed E-state index contributed by atoms with van der Waals surface area (Å²) in [6.07, 6.45) is 2.49. The van der Waals surface area contributed by atoms with E-state index in [2.05, 4.69) is 0 Å². The number of carbonyl (C=O) groups is 1. The van der Waals surface area contributed by atoms with Gasteiger partial charge in [0, 0.05) is 12.2 Å². The van der Waals surface area contributed by atoms with Crippen LogP contribution in [0.15, 0.2) is 17.2 Å². The van der Waals surface area contributed by atoms with E-state index in [0.717, 1.165) is 6.07 Å². The van der Waals surface area contributed by atoms with Crippen LogP contribution in [0.3, 0.4) is 0 Å². The van der Waals surface area contributed by atoms with E-state index in [4.69, 9.17) is 10.4 Å². The van der Waals surface area contributed by atoms with Gasteiger partial charge in [-0.3, -0.25) is 0 Å². The molecule has 0 radical (unpaired) electrons.